The second kappa shape index (κ2) is 9.85. The molecule has 1 saturated carbocycles. The average molecular weight is 503 g/mol. The Morgan fingerprint density at radius 2 is 1.82 bits per heavy atom. The van der Waals surface area contributed by atoms with Crippen LogP contribution in [0.4, 0.5) is 11.4 Å². The smallest absolute Gasteiger partial charge is 0.240 e. The minimum atomic E-state index is -3.57. The molecule has 0 atom stereocenters. The zero-order valence-electron chi connectivity index (χ0n) is 19.2. The average Bonchev–Trinajstić information content (AvgIpc) is 3.60. The number of carbonyl (C=O) groups excluding carboxylic acids is 1. The van der Waals surface area contributed by atoms with Crippen molar-refractivity contribution in [2.24, 2.45) is 5.92 Å². The van der Waals surface area contributed by atoms with Gasteiger partial charge in [-0.05, 0) is 74.2 Å². The Balaban J connectivity index is 1.08. The van der Waals surface area contributed by atoms with Crippen LogP contribution in [0.3, 0.4) is 0 Å². The van der Waals surface area contributed by atoms with E-state index >= 15 is 0 Å². The van der Waals surface area contributed by atoms with E-state index in [1.165, 1.54) is 0 Å². The highest BCUT2D eigenvalue weighted by Crippen LogP contribution is 2.37. The second-order valence-corrected chi connectivity index (χ2v) is 11.6. The molecule has 2 heterocycles. The predicted molar refractivity (Wildman–Crippen MR) is 135 cm³/mol. The van der Waals surface area contributed by atoms with Gasteiger partial charge >= 0.3 is 0 Å². The summed E-state index contributed by atoms with van der Waals surface area (Å²) in [6, 6.07) is 13.1. The number of piperazine rings is 1. The van der Waals surface area contributed by atoms with Crippen LogP contribution in [0.25, 0.3) is 0 Å². The van der Waals surface area contributed by atoms with Gasteiger partial charge < -0.3 is 9.80 Å². The molecule has 2 aromatic rings. The zero-order chi connectivity index (χ0) is 23.7. The van der Waals surface area contributed by atoms with Gasteiger partial charge in [-0.2, -0.15) is 0 Å². The SMILES string of the molecule is O=C(C1CC1)N1CCc2cc(S(=O)(=O)NCCCN3CCN(c4cccc(Cl)c4)CC3)ccc21. The van der Waals surface area contributed by atoms with Crippen molar-refractivity contribution in [3.05, 3.63) is 53.1 Å². The van der Waals surface area contributed by atoms with Gasteiger partial charge in [-0.3, -0.25) is 9.69 Å². The zero-order valence-corrected chi connectivity index (χ0v) is 20.8. The molecule has 1 aliphatic carbocycles. The van der Waals surface area contributed by atoms with Gasteiger partial charge in [0.15, 0.2) is 0 Å². The standard InChI is InChI=1S/C25H31ClN4O3S/c26-21-3-1-4-22(18-21)29-15-13-28(14-16-29)11-2-10-27-34(32,33)23-7-8-24-20(17-23)9-12-30(24)25(31)19-5-6-19/h1,3-4,7-8,17-19,27H,2,5-6,9-16H2. The van der Waals surface area contributed by atoms with Crippen molar-refractivity contribution in [2.45, 2.75) is 30.6 Å². The summed E-state index contributed by atoms with van der Waals surface area (Å²) in [6.07, 6.45) is 3.40. The van der Waals surface area contributed by atoms with Crippen molar-refractivity contribution < 1.29 is 13.2 Å². The number of benzene rings is 2. The Morgan fingerprint density at radius 1 is 1.03 bits per heavy atom. The molecule has 0 unspecified atom stereocenters. The van der Waals surface area contributed by atoms with E-state index in [1.807, 2.05) is 23.1 Å². The van der Waals surface area contributed by atoms with Crippen LogP contribution in [0.2, 0.25) is 5.02 Å². The summed E-state index contributed by atoms with van der Waals surface area (Å²) >= 11 is 6.11. The van der Waals surface area contributed by atoms with Crippen LogP contribution in [0, 0.1) is 5.92 Å². The van der Waals surface area contributed by atoms with Gasteiger partial charge in [-0.1, -0.05) is 17.7 Å². The molecule has 182 valence electrons. The topological polar surface area (TPSA) is 73.0 Å². The number of rotatable bonds is 8. The molecular weight excluding hydrogens is 472 g/mol. The van der Waals surface area contributed by atoms with Gasteiger partial charge in [-0.25, -0.2) is 13.1 Å². The number of sulfonamides is 1. The lowest BCUT2D eigenvalue weighted by atomic mass is 10.2. The van der Waals surface area contributed by atoms with Crippen LogP contribution in [0.15, 0.2) is 47.4 Å². The Bertz CT molecular complexity index is 1160. The fourth-order valence-electron chi connectivity index (χ4n) is 4.82. The van der Waals surface area contributed by atoms with E-state index < -0.39 is 10.0 Å². The van der Waals surface area contributed by atoms with Gasteiger partial charge in [0.2, 0.25) is 15.9 Å². The number of carbonyl (C=O) groups is 1. The number of halogens is 1. The summed E-state index contributed by atoms with van der Waals surface area (Å²) < 4.78 is 28.4. The molecule has 3 aliphatic rings. The number of fused-ring (bicyclic) bond motifs is 1. The van der Waals surface area contributed by atoms with Crippen LogP contribution in [-0.2, 0) is 21.2 Å². The lowest BCUT2D eigenvalue weighted by molar-refractivity contribution is -0.119. The Hall–Kier alpha value is -2.13. The quantitative estimate of drug-likeness (QED) is 0.561. The maximum absolute atomic E-state index is 12.8. The molecule has 9 heteroatoms. The summed E-state index contributed by atoms with van der Waals surface area (Å²) in [6.45, 7) is 5.66. The Morgan fingerprint density at radius 3 is 2.56 bits per heavy atom. The highest BCUT2D eigenvalue weighted by molar-refractivity contribution is 7.89. The molecule has 0 aromatic heterocycles. The largest absolute Gasteiger partial charge is 0.369 e. The summed E-state index contributed by atoms with van der Waals surface area (Å²) in [7, 11) is -3.57. The highest BCUT2D eigenvalue weighted by atomic mass is 35.5. The normalized spacial score (nSPS) is 18.9. The van der Waals surface area contributed by atoms with Crippen molar-refractivity contribution in [2.75, 3.05) is 55.6 Å². The summed E-state index contributed by atoms with van der Waals surface area (Å²) in [5.41, 5.74) is 2.96. The first kappa shape index (κ1) is 23.6. The number of hydrogen-bond donors (Lipinski definition) is 1. The predicted octanol–water partition coefficient (Wildman–Crippen LogP) is 3.13. The molecule has 1 amide bonds. The van der Waals surface area contributed by atoms with Crippen LogP contribution >= 0.6 is 11.6 Å². The first-order valence-electron chi connectivity index (χ1n) is 12.1. The minimum absolute atomic E-state index is 0.163. The molecule has 1 N–H and O–H groups in total. The fraction of sp³-hybridized carbons (Fsp3) is 0.480. The number of anilines is 2. The van der Waals surface area contributed by atoms with Crippen LogP contribution in [-0.4, -0.2) is 65.0 Å². The molecular formula is C25H31ClN4O3S. The molecule has 0 spiro atoms. The first-order chi connectivity index (χ1) is 16.4. The Kier molecular flexibility index (Phi) is 6.84. The van der Waals surface area contributed by atoms with Crippen LogP contribution in [0.1, 0.15) is 24.8 Å². The molecule has 0 bridgehead atoms. The molecule has 0 radical (unpaired) electrons. The van der Waals surface area contributed by atoms with E-state index in [0.717, 1.165) is 73.9 Å². The van der Waals surface area contributed by atoms with Crippen LogP contribution < -0.4 is 14.5 Å². The summed E-state index contributed by atoms with van der Waals surface area (Å²) in [5.74, 6) is 0.344. The minimum Gasteiger partial charge on any atom is -0.369 e. The maximum atomic E-state index is 12.8. The molecule has 5 rings (SSSR count). The van der Waals surface area contributed by atoms with Crippen molar-refractivity contribution >= 4 is 38.9 Å². The molecule has 34 heavy (non-hydrogen) atoms. The fourth-order valence-corrected chi connectivity index (χ4v) is 6.13. The number of amides is 1. The third-order valence-electron chi connectivity index (χ3n) is 6.94. The van der Waals surface area contributed by atoms with Crippen molar-refractivity contribution in [1.82, 2.24) is 9.62 Å². The third kappa shape index (κ3) is 5.25. The van der Waals surface area contributed by atoms with Gasteiger partial charge in [0, 0.05) is 61.6 Å². The molecule has 2 aliphatic heterocycles. The molecule has 1 saturated heterocycles. The first-order valence-corrected chi connectivity index (χ1v) is 13.9. The monoisotopic (exact) mass is 502 g/mol. The molecule has 7 nitrogen and oxygen atoms in total. The summed E-state index contributed by atoms with van der Waals surface area (Å²) in [4.78, 5) is 19.2. The number of nitrogens with one attached hydrogen (secondary N) is 1. The van der Waals surface area contributed by atoms with Crippen LogP contribution in [0.5, 0.6) is 0 Å². The van der Waals surface area contributed by atoms with Crippen molar-refractivity contribution in [1.29, 1.82) is 0 Å². The summed E-state index contributed by atoms with van der Waals surface area (Å²) in [5, 5.41) is 0.750. The number of nitrogens with zero attached hydrogens (tertiary/aromatic N) is 3. The van der Waals surface area contributed by atoms with E-state index in [-0.39, 0.29) is 16.7 Å². The van der Waals surface area contributed by atoms with E-state index in [1.54, 1.807) is 18.2 Å². The van der Waals surface area contributed by atoms with E-state index in [0.29, 0.717) is 19.5 Å². The second-order valence-electron chi connectivity index (χ2n) is 9.36. The van der Waals surface area contributed by atoms with Crippen molar-refractivity contribution in [3.8, 4) is 0 Å². The number of hydrogen-bond acceptors (Lipinski definition) is 5. The lowest BCUT2D eigenvalue weighted by Crippen LogP contribution is -2.47. The molecule has 2 aromatic carbocycles. The van der Waals surface area contributed by atoms with Crippen molar-refractivity contribution in [3.63, 3.8) is 0 Å². The van der Waals surface area contributed by atoms with Gasteiger partial charge in [-0.15, -0.1) is 0 Å². The van der Waals surface area contributed by atoms with Gasteiger partial charge in [0.05, 0.1) is 4.90 Å². The highest BCUT2D eigenvalue weighted by Gasteiger charge is 2.36. The third-order valence-corrected chi connectivity index (χ3v) is 8.63. The van der Waals surface area contributed by atoms with Gasteiger partial charge in [0.25, 0.3) is 0 Å². The lowest BCUT2D eigenvalue weighted by Gasteiger charge is -2.36. The van der Waals surface area contributed by atoms with E-state index in [4.69, 9.17) is 11.6 Å². The Labute approximate surface area is 206 Å². The maximum Gasteiger partial charge on any atom is 0.240 e. The van der Waals surface area contributed by atoms with Gasteiger partial charge in [0.1, 0.15) is 0 Å². The van der Waals surface area contributed by atoms with E-state index in [2.05, 4.69) is 20.6 Å². The molecule has 2 fully saturated rings. The van der Waals surface area contributed by atoms with E-state index in [9.17, 15) is 13.2 Å².